The number of anilines is 1. The van der Waals surface area contributed by atoms with E-state index < -0.39 is 5.91 Å². The van der Waals surface area contributed by atoms with Crippen molar-refractivity contribution < 1.29 is 18.7 Å². The molecule has 0 radical (unpaired) electrons. The van der Waals surface area contributed by atoms with E-state index >= 15 is 0 Å². The van der Waals surface area contributed by atoms with Gasteiger partial charge in [0.05, 0.1) is 13.2 Å². The molecule has 0 aromatic carbocycles. The zero-order valence-electron chi connectivity index (χ0n) is 13.2. The molecule has 2 heterocycles. The van der Waals surface area contributed by atoms with Gasteiger partial charge < -0.3 is 24.1 Å². The summed E-state index contributed by atoms with van der Waals surface area (Å²) in [7, 11) is 1.60. The SMILES string of the molecule is COCCCNC(=O)/C(C#N)=C\c1ccc(N2CCOCC2)o1. The Balaban J connectivity index is 1.96. The molecule has 0 saturated carbocycles. The minimum atomic E-state index is -0.409. The summed E-state index contributed by atoms with van der Waals surface area (Å²) in [5.41, 5.74) is 0.0188. The van der Waals surface area contributed by atoms with Gasteiger partial charge in [-0.25, -0.2) is 0 Å². The lowest BCUT2D eigenvalue weighted by molar-refractivity contribution is -0.117. The van der Waals surface area contributed by atoms with Crippen molar-refractivity contribution in [1.29, 1.82) is 5.26 Å². The lowest BCUT2D eigenvalue weighted by atomic mass is 10.2. The normalized spacial score (nSPS) is 15.3. The molecule has 0 unspecified atom stereocenters. The fourth-order valence-electron chi connectivity index (χ4n) is 2.18. The van der Waals surface area contributed by atoms with Gasteiger partial charge in [-0.15, -0.1) is 0 Å². The Kier molecular flexibility index (Phi) is 6.66. The minimum Gasteiger partial charge on any atom is -0.441 e. The van der Waals surface area contributed by atoms with Gasteiger partial charge in [-0.1, -0.05) is 0 Å². The van der Waals surface area contributed by atoms with Crippen molar-refractivity contribution in [3.8, 4) is 6.07 Å². The molecule has 1 aromatic rings. The monoisotopic (exact) mass is 319 g/mol. The molecule has 1 fully saturated rings. The number of methoxy groups -OCH3 is 1. The molecular weight excluding hydrogens is 298 g/mol. The zero-order chi connectivity index (χ0) is 16.5. The molecule has 1 aliphatic rings. The average molecular weight is 319 g/mol. The van der Waals surface area contributed by atoms with Crippen molar-refractivity contribution in [3.63, 3.8) is 0 Å². The summed E-state index contributed by atoms with van der Waals surface area (Å²) in [5.74, 6) is 0.792. The lowest BCUT2D eigenvalue weighted by Crippen LogP contribution is -2.35. The number of amides is 1. The molecule has 1 N–H and O–H groups in total. The highest BCUT2D eigenvalue weighted by molar-refractivity contribution is 6.01. The van der Waals surface area contributed by atoms with Gasteiger partial charge in [0, 0.05) is 45.5 Å². The van der Waals surface area contributed by atoms with Crippen LogP contribution < -0.4 is 10.2 Å². The van der Waals surface area contributed by atoms with Crippen molar-refractivity contribution in [1.82, 2.24) is 5.32 Å². The van der Waals surface area contributed by atoms with Crippen molar-refractivity contribution in [2.75, 3.05) is 51.5 Å². The van der Waals surface area contributed by atoms with E-state index in [-0.39, 0.29) is 5.57 Å². The first-order chi connectivity index (χ1) is 11.2. The Bertz CT molecular complexity index is 582. The number of carbonyl (C=O) groups excluding carboxylic acids is 1. The molecule has 0 bridgehead atoms. The smallest absolute Gasteiger partial charge is 0.262 e. The summed E-state index contributed by atoms with van der Waals surface area (Å²) < 4.78 is 15.9. The van der Waals surface area contributed by atoms with E-state index in [9.17, 15) is 4.79 Å². The molecule has 1 aliphatic heterocycles. The van der Waals surface area contributed by atoms with Gasteiger partial charge in [-0.2, -0.15) is 5.26 Å². The predicted molar refractivity (Wildman–Crippen MR) is 84.8 cm³/mol. The predicted octanol–water partition coefficient (Wildman–Crippen LogP) is 1.18. The first-order valence-corrected chi connectivity index (χ1v) is 7.56. The highest BCUT2D eigenvalue weighted by atomic mass is 16.5. The fourth-order valence-corrected chi connectivity index (χ4v) is 2.18. The van der Waals surface area contributed by atoms with Crippen molar-refractivity contribution >= 4 is 17.9 Å². The van der Waals surface area contributed by atoms with E-state index in [4.69, 9.17) is 19.2 Å². The second kappa shape index (κ2) is 8.98. The van der Waals surface area contributed by atoms with Gasteiger partial charge in [0.15, 0.2) is 5.88 Å². The van der Waals surface area contributed by atoms with E-state index in [0.717, 1.165) is 19.0 Å². The molecule has 1 aromatic heterocycles. The summed E-state index contributed by atoms with van der Waals surface area (Å²) in [6.07, 6.45) is 2.15. The zero-order valence-corrected chi connectivity index (χ0v) is 13.2. The van der Waals surface area contributed by atoms with Gasteiger partial charge in [0.25, 0.3) is 5.91 Å². The van der Waals surface area contributed by atoms with Crippen LogP contribution in [0.1, 0.15) is 12.2 Å². The third-order valence-electron chi connectivity index (χ3n) is 3.40. The van der Waals surface area contributed by atoms with E-state index in [2.05, 4.69) is 10.2 Å². The Morgan fingerprint density at radius 2 is 2.26 bits per heavy atom. The Morgan fingerprint density at radius 1 is 1.48 bits per heavy atom. The lowest BCUT2D eigenvalue weighted by Gasteiger charge is -2.26. The summed E-state index contributed by atoms with van der Waals surface area (Å²) in [6.45, 7) is 3.89. The molecule has 0 aliphatic carbocycles. The number of nitrogens with one attached hydrogen (secondary N) is 1. The highest BCUT2D eigenvalue weighted by Gasteiger charge is 2.15. The maximum atomic E-state index is 11.9. The molecule has 1 amide bonds. The minimum absolute atomic E-state index is 0.0188. The quantitative estimate of drug-likeness (QED) is 0.461. The van der Waals surface area contributed by atoms with Crippen LogP contribution in [0.15, 0.2) is 22.1 Å². The number of rotatable bonds is 7. The summed E-state index contributed by atoms with van der Waals surface area (Å²) in [4.78, 5) is 14.0. The highest BCUT2D eigenvalue weighted by Crippen LogP contribution is 2.21. The van der Waals surface area contributed by atoms with Crippen molar-refractivity contribution in [2.24, 2.45) is 0 Å². The number of nitriles is 1. The number of nitrogens with zero attached hydrogens (tertiary/aromatic N) is 2. The van der Waals surface area contributed by atoms with Crippen LogP contribution in [0.25, 0.3) is 6.08 Å². The van der Waals surface area contributed by atoms with Crippen LogP contribution in [0.3, 0.4) is 0 Å². The molecule has 2 rings (SSSR count). The first-order valence-electron chi connectivity index (χ1n) is 7.56. The molecule has 1 saturated heterocycles. The van der Waals surface area contributed by atoms with E-state index in [1.807, 2.05) is 12.1 Å². The molecule has 23 heavy (non-hydrogen) atoms. The number of furan rings is 1. The van der Waals surface area contributed by atoms with Crippen LogP contribution in [0, 0.1) is 11.3 Å². The Morgan fingerprint density at radius 3 is 2.96 bits per heavy atom. The van der Waals surface area contributed by atoms with E-state index in [1.54, 1.807) is 13.2 Å². The van der Waals surface area contributed by atoms with Gasteiger partial charge in [-0.3, -0.25) is 4.79 Å². The molecule has 0 atom stereocenters. The van der Waals surface area contributed by atoms with Crippen LogP contribution in [0.2, 0.25) is 0 Å². The van der Waals surface area contributed by atoms with Gasteiger partial charge >= 0.3 is 0 Å². The second-order valence-electron chi connectivity index (χ2n) is 5.05. The number of hydrogen-bond donors (Lipinski definition) is 1. The molecule has 0 spiro atoms. The fraction of sp³-hybridized carbons (Fsp3) is 0.500. The molecule has 124 valence electrons. The standard InChI is InChI=1S/C16H21N3O4/c1-21-8-2-5-18-16(20)13(12-17)11-14-3-4-15(23-14)19-6-9-22-10-7-19/h3-4,11H,2,5-10H2,1H3,(H,18,20)/b13-11-. The maximum absolute atomic E-state index is 11.9. The Hall–Kier alpha value is -2.30. The molecular formula is C16H21N3O4. The van der Waals surface area contributed by atoms with Gasteiger partial charge in [0.2, 0.25) is 0 Å². The van der Waals surface area contributed by atoms with Crippen LogP contribution in [-0.2, 0) is 14.3 Å². The number of morpholine rings is 1. The van der Waals surface area contributed by atoms with Gasteiger partial charge in [0.1, 0.15) is 17.4 Å². The third-order valence-corrected chi connectivity index (χ3v) is 3.40. The molecule has 7 nitrogen and oxygen atoms in total. The average Bonchev–Trinajstić information content (AvgIpc) is 3.06. The number of ether oxygens (including phenoxy) is 2. The van der Waals surface area contributed by atoms with Crippen LogP contribution >= 0.6 is 0 Å². The molecule has 7 heteroatoms. The second-order valence-corrected chi connectivity index (χ2v) is 5.05. The summed E-state index contributed by atoms with van der Waals surface area (Å²) in [5, 5.41) is 11.8. The van der Waals surface area contributed by atoms with Crippen molar-refractivity contribution in [2.45, 2.75) is 6.42 Å². The van der Waals surface area contributed by atoms with Crippen molar-refractivity contribution in [3.05, 3.63) is 23.5 Å². The summed E-state index contributed by atoms with van der Waals surface area (Å²) >= 11 is 0. The summed E-state index contributed by atoms with van der Waals surface area (Å²) in [6, 6.07) is 5.49. The van der Waals surface area contributed by atoms with Crippen LogP contribution in [0.5, 0.6) is 0 Å². The van der Waals surface area contributed by atoms with Crippen LogP contribution in [0.4, 0.5) is 5.88 Å². The number of carbonyl (C=O) groups is 1. The van der Waals surface area contributed by atoms with Crippen LogP contribution in [-0.4, -0.2) is 52.5 Å². The Labute approximate surface area is 135 Å². The maximum Gasteiger partial charge on any atom is 0.262 e. The topological polar surface area (TPSA) is 87.7 Å². The third kappa shape index (κ3) is 5.13. The largest absolute Gasteiger partial charge is 0.441 e. The van der Waals surface area contributed by atoms with Gasteiger partial charge in [-0.05, 0) is 12.5 Å². The van der Waals surface area contributed by atoms with E-state index in [0.29, 0.717) is 38.5 Å². The van der Waals surface area contributed by atoms with E-state index in [1.165, 1.54) is 6.08 Å². The number of hydrogen-bond acceptors (Lipinski definition) is 6. The first kappa shape index (κ1) is 17.1.